The summed E-state index contributed by atoms with van der Waals surface area (Å²) < 4.78 is 0. The van der Waals surface area contributed by atoms with Gasteiger partial charge >= 0.3 is 0 Å². The van der Waals surface area contributed by atoms with Crippen molar-refractivity contribution in [2.75, 3.05) is 5.32 Å². The zero-order chi connectivity index (χ0) is 18.2. The highest BCUT2D eigenvalue weighted by molar-refractivity contribution is 5.80. The van der Waals surface area contributed by atoms with Crippen molar-refractivity contribution in [1.82, 2.24) is 4.98 Å². The van der Waals surface area contributed by atoms with Gasteiger partial charge in [0.15, 0.2) is 0 Å². The van der Waals surface area contributed by atoms with E-state index in [1.807, 2.05) is 25.1 Å². The average Bonchev–Trinajstić information content (AvgIpc) is 2.53. The van der Waals surface area contributed by atoms with Crippen LogP contribution in [0.15, 0.2) is 47.3 Å². The molecule has 0 aliphatic heterocycles. The van der Waals surface area contributed by atoms with Crippen LogP contribution in [-0.2, 0) is 12.0 Å². The molecule has 0 unspecified atom stereocenters. The molecule has 0 fully saturated rings. The molecule has 4 nitrogen and oxygen atoms in total. The van der Waals surface area contributed by atoms with E-state index < -0.39 is 0 Å². The van der Waals surface area contributed by atoms with Crippen molar-refractivity contribution in [3.05, 3.63) is 69.5 Å². The first-order valence-corrected chi connectivity index (χ1v) is 8.44. The molecule has 0 amide bonds. The molecule has 3 aromatic rings. The number of aromatic nitrogens is 1. The minimum atomic E-state index is -0.0834. The smallest absolute Gasteiger partial charge is 0.253 e. The van der Waals surface area contributed by atoms with Crippen LogP contribution in [0.5, 0.6) is 5.75 Å². The van der Waals surface area contributed by atoms with E-state index in [4.69, 9.17) is 0 Å². The van der Waals surface area contributed by atoms with Crippen molar-refractivity contribution in [1.29, 1.82) is 0 Å². The molecule has 25 heavy (non-hydrogen) atoms. The molecule has 4 heteroatoms. The molecule has 0 saturated heterocycles. The molecule has 0 saturated carbocycles. The van der Waals surface area contributed by atoms with E-state index in [0.717, 1.165) is 22.2 Å². The zero-order valence-corrected chi connectivity index (χ0v) is 15.1. The largest absolute Gasteiger partial charge is 0.508 e. The number of H-pyrrole nitrogens is 1. The Kier molecular flexibility index (Phi) is 4.29. The van der Waals surface area contributed by atoms with Gasteiger partial charge in [0.2, 0.25) is 0 Å². The predicted octanol–water partition coefficient (Wildman–Crippen LogP) is 4.45. The van der Waals surface area contributed by atoms with Crippen molar-refractivity contribution >= 4 is 16.6 Å². The van der Waals surface area contributed by atoms with Crippen LogP contribution in [0.4, 0.5) is 5.69 Å². The molecule has 3 N–H and O–H groups in total. The molecule has 0 aliphatic rings. The topological polar surface area (TPSA) is 65.1 Å². The summed E-state index contributed by atoms with van der Waals surface area (Å²) in [4.78, 5) is 15.3. The summed E-state index contributed by atoms with van der Waals surface area (Å²) in [7, 11) is 0. The third-order valence-corrected chi connectivity index (χ3v) is 4.47. The molecule has 1 aromatic heterocycles. The van der Waals surface area contributed by atoms with Gasteiger partial charge in [-0.3, -0.25) is 4.79 Å². The lowest BCUT2D eigenvalue weighted by Gasteiger charge is -2.19. The van der Waals surface area contributed by atoms with Crippen molar-refractivity contribution in [3.63, 3.8) is 0 Å². The highest BCUT2D eigenvalue weighted by Crippen LogP contribution is 2.25. The Labute approximate surface area is 147 Å². The summed E-state index contributed by atoms with van der Waals surface area (Å²) in [5.74, 6) is 0.237. The number of aryl methyl sites for hydroxylation is 1. The van der Waals surface area contributed by atoms with E-state index in [1.165, 1.54) is 5.56 Å². The van der Waals surface area contributed by atoms with E-state index >= 15 is 0 Å². The van der Waals surface area contributed by atoms with Gasteiger partial charge in [-0.05, 0) is 65.3 Å². The van der Waals surface area contributed by atoms with Crippen LogP contribution in [0, 0.1) is 6.92 Å². The summed E-state index contributed by atoms with van der Waals surface area (Å²) >= 11 is 0. The number of nitrogens with one attached hydrogen (secondary N) is 2. The second-order valence-corrected chi connectivity index (χ2v) is 7.53. The SMILES string of the molecule is Cc1cc(O)ccc1NCc1cc2cc(C(C)(C)C)ccc2[nH]c1=O. The highest BCUT2D eigenvalue weighted by Gasteiger charge is 2.14. The maximum atomic E-state index is 12.3. The first-order chi connectivity index (χ1) is 11.7. The number of fused-ring (bicyclic) bond motifs is 1. The predicted molar refractivity (Wildman–Crippen MR) is 103 cm³/mol. The first-order valence-electron chi connectivity index (χ1n) is 8.44. The Morgan fingerprint density at radius 1 is 1.08 bits per heavy atom. The summed E-state index contributed by atoms with van der Waals surface area (Å²) in [5, 5.41) is 13.8. The van der Waals surface area contributed by atoms with Crippen LogP contribution < -0.4 is 10.9 Å². The normalized spacial score (nSPS) is 11.7. The van der Waals surface area contributed by atoms with Gasteiger partial charge < -0.3 is 15.4 Å². The van der Waals surface area contributed by atoms with E-state index in [1.54, 1.807) is 12.1 Å². The third-order valence-electron chi connectivity index (χ3n) is 4.47. The fourth-order valence-corrected chi connectivity index (χ4v) is 2.89. The van der Waals surface area contributed by atoms with Gasteiger partial charge in [0.05, 0.1) is 0 Å². The highest BCUT2D eigenvalue weighted by atomic mass is 16.3. The van der Waals surface area contributed by atoms with Crippen LogP contribution in [0.25, 0.3) is 10.9 Å². The second-order valence-electron chi connectivity index (χ2n) is 7.53. The number of hydrogen-bond acceptors (Lipinski definition) is 3. The van der Waals surface area contributed by atoms with Crippen LogP contribution in [0.3, 0.4) is 0 Å². The lowest BCUT2D eigenvalue weighted by molar-refractivity contribution is 0.475. The Morgan fingerprint density at radius 2 is 1.84 bits per heavy atom. The molecule has 2 aromatic carbocycles. The van der Waals surface area contributed by atoms with Crippen LogP contribution in [-0.4, -0.2) is 10.1 Å². The minimum absolute atomic E-state index is 0.0614. The van der Waals surface area contributed by atoms with E-state index in [0.29, 0.717) is 12.1 Å². The molecule has 0 bridgehead atoms. The number of phenols is 1. The Hall–Kier alpha value is -2.75. The summed E-state index contributed by atoms with van der Waals surface area (Å²) in [6, 6.07) is 13.3. The van der Waals surface area contributed by atoms with E-state index in [2.05, 4.69) is 43.2 Å². The molecule has 0 aliphatic carbocycles. The fourth-order valence-electron chi connectivity index (χ4n) is 2.89. The second kappa shape index (κ2) is 6.28. The van der Waals surface area contributed by atoms with Gasteiger partial charge in [-0.1, -0.05) is 26.8 Å². The monoisotopic (exact) mass is 336 g/mol. The number of aromatic hydroxyl groups is 1. The lowest BCUT2D eigenvalue weighted by Crippen LogP contribution is -2.16. The molecule has 1 heterocycles. The maximum Gasteiger partial charge on any atom is 0.253 e. The standard InChI is InChI=1S/C21H24N2O2/c1-13-9-17(24)6-8-18(13)22-12-15-10-14-11-16(21(2,3)4)5-7-19(14)23-20(15)25/h5-11,22,24H,12H2,1-4H3,(H,23,25). The lowest BCUT2D eigenvalue weighted by atomic mass is 9.86. The van der Waals surface area contributed by atoms with Gasteiger partial charge in [0, 0.05) is 23.3 Å². The van der Waals surface area contributed by atoms with Gasteiger partial charge in [0.25, 0.3) is 5.56 Å². The van der Waals surface area contributed by atoms with E-state index in [9.17, 15) is 9.90 Å². The number of rotatable bonds is 3. The Bertz CT molecular complexity index is 981. The van der Waals surface area contributed by atoms with E-state index in [-0.39, 0.29) is 16.7 Å². The van der Waals surface area contributed by atoms with Gasteiger partial charge in [-0.25, -0.2) is 0 Å². The maximum absolute atomic E-state index is 12.3. The van der Waals surface area contributed by atoms with Crippen LogP contribution in [0.2, 0.25) is 0 Å². The average molecular weight is 336 g/mol. The van der Waals surface area contributed by atoms with Crippen molar-refractivity contribution < 1.29 is 5.11 Å². The number of aromatic amines is 1. The summed E-state index contributed by atoms with van der Waals surface area (Å²) in [6.07, 6.45) is 0. The molecule has 0 radical (unpaired) electrons. The van der Waals surface area contributed by atoms with Crippen LogP contribution in [0.1, 0.15) is 37.5 Å². The van der Waals surface area contributed by atoms with Crippen molar-refractivity contribution in [2.45, 2.75) is 39.7 Å². The summed E-state index contributed by atoms with van der Waals surface area (Å²) in [6.45, 7) is 8.88. The molecule has 3 rings (SSSR count). The Morgan fingerprint density at radius 3 is 2.52 bits per heavy atom. The fraction of sp³-hybridized carbons (Fsp3) is 0.286. The number of pyridine rings is 1. The molecular weight excluding hydrogens is 312 g/mol. The van der Waals surface area contributed by atoms with Crippen molar-refractivity contribution in [2.24, 2.45) is 0 Å². The minimum Gasteiger partial charge on any atom is -0.508 e. The van der Waals surface area contributed by atoms with Crippen molar-refractivity contribution in [3.8, 4) is 5.75 Å². The molecule has 0 spiro atoms. The summed E-state index contributed by atoms with van der Waals surface area (Å²) in [5.41, 5.74) is 4.59. The molecular formula is C21H24N2O2. The molecule has 130 valence electrons. The van der Waals surface area contributed by atoms with Gasteiger partial charge in [-0.15, -0.1) is 0 Å². The number of benzene rings is 2. The number of hydrogen-bond donors (Lipinski definition) is 3. The van der Waals surface area contributed by atoms with Gasteiger partial charge in [-0.2, -0.15) is 0 Å². The van der Waals surface area contributed by atoms with Crippen LogP contribution >= 0.6 is 0 Å². The molecule has 0 atom stereocenters. The number of phenolic OH excluding ortho intramolecular Hbond substituents is 1. The zero-order valence-electron chi connectivity index (χ0n) is 15.1. The van der Waals surface area contributed by atoms with Gasteiger partial charge in [0.1, 0.15) is 5.75 Å². The Balaban J connectivity index is 1.92. The number of anilines is 1. The quantitative estimate of drug-likeness (QED) is 0.619. The third kappa shape index (κ3) is 3.68. The first kappa shape index (κ1) is 17.1.